The van der Waals surface area contributed by atoms with Crippen molar-refractivity contribution in [1.82, 2.24) is 19.4 Å². The number of aromatic nitrogens is 4. The lowest BCUT2D eigenvalue weighted by Crippen LogP contribution is -2.19. The van der Waals surface area contributed by atoms with Crippen LogP contribution >= 0.6 is 0 Å². The lowest BCUT2D eigenvalue weighted by Gasteiger charge is -2.17. The third kappa shape index (κ3) is 4.45. The zero-order valence-corrected chi connectivity index (χ0v) is 18.2. The first-order valence-electron chi connectivity index (χ1n) is 9.99. The van der Waals surface area contributed by atoms with Gasteiger partial charge in [0.15, 0.2) is 12.4 Å². The van der Waals surface area contributed by atoms with E-state index in [2.05, 4.69) is 19.7 Å². The van der Waals surface area contributed by atoms with Crippen LogP contribution in [0, 0.1) is 5.82 Å². The van der Waals surface area contributed by atoms with E-state index in [0.29, 0.717) is 23.1 Å². The summed E-state index contributed by atoms with van der Waals surface area (Å²) in [6.45, 7) is 0.795. The molecule has 4 rings (SSSR count). The molecule has 1 aliphatic rings. The molecule has 8 nitrogen and oxygen atoms in total. The van der Waals surface area contributed by atoms with E-state index >= 15 is 0 Å². The number of anilines is 1. The zero-order chi connectivity index (χ0) is 22.9. The summed E-state index contributed by atoms with van der Waals surface area (Å²) in [5.41, 5.74) is 0.919. The second kappa shape index (κ2) is 8.85. The Labute approximate surface area is 182 Å². The van der Waals surface area contributed by atoms with Crippen molar-refractivity contribution in [1.29, 1.82) is 0 Å². The molecule has 172 valence electrons. The minimum Gasteiger partial charge on any atom is -0.479 e. The number of nitrogens with one attached hydrogen (secondary N) is 1. The topological polar surface area (TPSA) is 90.6 Å². The number of alkyl halides is 2. The molecular weight excluding hydrogens is 447 g/mol. The highest BCUT2D eigenvalue weighted by atomic mass is 32.2. The monoisotopic (exact) mass is 469 g/mol. The van der Waals surface area contributed by atoms with E-state index in [-0.39, 0.29) is 11.6 Å². The number of methoxy groups -OCH3 is 1. The quantitative estimate of drug-likeness (QED) is 0.481. The molecule has 3 heterocycles. The molecule has 0 aliphatic heterocycles. The Kier molecular flexibility index (Phi) is 6.13. The molecule has 3 aromatic rings. The predicted octanol–water partition coefficient (Wildman–Crippen LogP) is 3.68. The van der Waals surface area contributed by atoms with E-state index in [9.17, 15) is 17.4 Å². The number of hydrogen-bond donors (Lipinski definition) is 1. The van der Waals surface area contributed by atoms with E-state index in [1.807, 2.05) is 13.0 Å². The minimum atomic E-state index is -3.12. The van der Waals surface area contributed by atoms with Gasteiger partial charge in [-0.25, -0.2) is 27.3 Å². The van der Waals surface area contributed by atoms with Gasteiger partial charge in [0.1, 0.15) is 10.7 Å². The van der Waals surface area contributed by atoms with Crippen LogP contribution < -0.4 is 14.2 Å². The van der Waals surface area contributed by atoms with Crippen LogP contribution in [0.2, 0.25) is 0 Å². The Morgan fingerprint density at radius 2 is 2.12 bits per heavy atom. The standard InChI is InChI=1S/C20H22F3N5O3S/c1-3-8-32(29,17-10-24-20-25-14(12-4-5-12)6-7-28(17)20)27-15-9-13(21)18(26-19(15)30-2)31-11-16(22)23/h6-10,12,16H,3-5,11H2,1-2H3,(H,27,29). The van der Waals surface area contributed by atoms with Crippen molar-refractivity contribution in [2.45, 2.75) is 43.6 Å². The van der Waals surface area contributed by atoms with Crippen LogP contribution in [-0.2, 0) is 9.71 Å². The van der Waals surface area contributed by atoms with Crippen LogP contribution in [0.25, 0.3) is 5.78 Å². The van der Waals surface area contributed by atoms with Gasteiger partial charge in [0.05, 0.1) is 23.0 Å². The Balaban J connectivity index is 1.72. The molecule has 1 aliphatic carbocycles. The number of imidazole rings is 1. The molecule has 1 saturated carbocycles. The van der Waals surface area contributed by atoms with Gasteiger partial charge in [-0.1, -0.05) is 6.92 Å². The molecule has 0 spiro atoms. The Bertz CT molecular complexity index is 1250. The lowest BCUT2D eigenvalue weighted by atomic mass is 10.3. The van der Waals surface area contributed by atoms with Gasteiger partial charge >= 0.3 is 0 Å². The van der Waals surface area contributed by atoms with Crippen LogP contribution in [0.1, 0.15) is 37.8 Å². The first-order valence-corrected chi connectivity index (χ1v) is 11.6. The SMILES string of the molecule is CCC=S(=O)(Nc1cc(F)c(OCC(F)F)nc1OC)c1cnc2nc(C3CC3)ccn12. The molecule has 0 saturated heterocycles. The van der Waals surface area contributed by atoms with Gasteiger partial charge < -0.3 is 14.2 Å². The van der Waals surface area contributed by atoms with Gasteiger partial charge in [0.2, 0.25) is 11.7 Å². The first-order chi connectivity index (χ1) is 15.3. The van der Waals surface area contributed by atoms with E-state index in [1.165, 1.54) is 13.3 Å². The number of ether oxygens (including phenoxy) is 2. The van der Waals surface area contributed by atoms with Gasteiger partial charge in [-0.3, -0.25) is 4.40 Å². The molecule has 1 unspecified atom stereocenters. The summed E-state index contributed by atoms with van der Waals surface area (Å²) in [5.74, 6) is -0.938. The molecule has 3 aromatic heterocycles. The zero-order valence-electron chi connectivity index (χ0n) is 17.4. The molecule has 0 bridgehead atoms. The lowest BCUT2D eigenvalue weighted by molar-refractivity contribution is 0.0770. The first kappa shape index (κ1) is 22.2. The van der Waals surface area contributed by atoms with Crippen molar-refractivity contribution in [3.8, 4) is 11.8 Å². The number of fused-ring (bicyclic) bond motifs is 1. The predicted molar refractivity (Wildman–Crippen MR) is 114 cm³/mol. The summed E-state index contributed by atoms with van der Waals surface area (Å²) in [6.07, 6.45) is 3.04. The molecule has 1 fully saturated rings. The van der Waals surface area contributed by atoms with Crippen molar-refractivity contribution < 1.29 is 26.9 Å². The molecule has 0 aromatic carbocycles. The fourth-order valence-electron chi connectivity index (χ4n) is 3.20. The van der Waals surface area contributed by atoms with Gasteiger partial charge in [-0.2, -0.15) is 4.98 Å². The number of nitrogens with zero attached hydrogens (tertiary/aromatic N) is 4. The normalized spacial score (nSPS) is 15.6. The maximum atomic E-state index is 14.4. The molecular formula is C20H22F3N5O3S. The fraction of sp³-hybridized carbons (Fsp3) is 0.400. The molecule has 1 atom stereocenters. The highest BCUT2D eigenvalue weighted by molar-refractivity contribution is 8.02. The summed E-state index contributed by atoms with van der Waals surface area (Å²) < 4.78 is 67.5. The molecule has 0 radical (unpaired) electrons. The fourth-order valence-corrected chi connectivity index (χ4v) is 5.14. The summed E-state index contributed by atoms with van der Waals surface area (Å²) in [7, 11) is -1.85. The maximum absolute atomic E-state index is 14.4. The molecule has 0 amide bonds. The van der Waals surface area contributed by atoms with Crippen LogP contribution in [0.15, 0.2) is 29.6 Å². The second-order valence-electron chi connectivity index (χ2n) is 7.21. The summed E-state index contributed by atoms with van der Waals surface area (Å²) in [6, 6.07) is 2.82. The van der Waals surface area contributed by atoms with Crippen molar-refractivity contribution in [3.63, 3.8) is 0 Å². The highest BCUT2D eigenvalue weighted by Gasteiger charge is 2.26. The van der Waals surface area contributed by atoms with Crippen molar-refractivity contribution in [3.05, 3.63) is 36.0 Å². The number of halogens is 3. The van der Waals surface area contributed by atoms with Crippen LogP contribution in [0.5, 0.6) is 11.8 Å². The van der Waals surface area contributed by atoms with E-state index < -0.39 is 34.4 Å². The minimum absolute atomic E-state index is 0.0263. The van der Waals surface area contributed by atoms with E-state index in [1.54, 1.807) is 16.0 Å². The molecule has 32 heavy (non-hydrogen) atoms. The number of hydrogen-bond acceptors (Lipinski definition) is 6. The van der Waals surface area contributed by atoms with Gasteiger partial charge in [0, 0.05) is 23.9 Å². The average molecular weight is 469 g/mol. The van der Waals surface area contributed by atoms with Gasteiger partial charge in [-0.05, 0) is 30.7 Å². The van der Waals surface area contributed by atoms with Gasteiger partial charge in [-0.15, -0.1) is 0 Å². The third-order valence-electron chi connectivity index (χ3n) is 4.78. The van der Waals surface area contributed by atoms with E-state index in [4.69, 9.17) is 9.47 Å². The summed E-state index contributed by atoms with van der Waals surface area (Å²) in [4.78, 5) is 12.6. The highest BCUT2D eigenvalue weighted by Crippen LogP contribution is 2.39. The Morgan fingerprint density at radius 3 is 2.78 bits per heavy atom. The number of pyridine rings is 1. The smallest absolute Gasteiger partial charge is 0.272 e. The van der Waals surface area contributed by atoms with Gasteiger partial charge in [0.25, 0.3) is 12.3 Å². The average Bonchev–Trinajstić information content (AvgIpc) is 3.51. The second-order valence-corrected chi connectivity index (χ2v) is 9.36. The summed E-state index contributed by atoms with van der Waals surface area (Å²) in [5, 5.41) is 1.87. The van der Waals surface area contributed by atoms with Crippen LogP contribution in [0.3, 0.4) is 0 Å². The van der Waals surface area contributed by atoms with Crippen LogP contribution in [-0.4, -0.2) is 49.1 Å². The Hall–Kier alpha value is -3.02. The van der Waals surface area contributed by atoms with E-state index in [0.717, 1.165) is 24.6 Å². The van der Waals surface area contributed by atoms with Crippen molar-refractivity contribution >= 4 is 26.5 Å². The van der Waals surface area contributed by atoms with Crippen molar-refractivity contribution in [2.24, 2.45) is 0 Å². The molecule has 1 N–H and O–H groups in total. The Morgan fingerprint density at radius 1 is 1.34 bits per heavy atom. The summed E-state index contributed by atoms with van der Waals surface area (Å²) >= 11 is 0. The third-order valence-corrected chi connectivity index (χ3v) is 7.03. The largest absolute Gasteiger partial charge is 0.479 e. The van der Waals surface area contributed by atoms with Crippen molar-refractivity contribution in [2.75, 3.05) is 18.4 Å². The molecule has 12 heteroatoms. The number of rotatable bonds is 9. The van der Waals surface area contributed by atoms with Crippen LogP contribution in [0.4, 0.5) is 18.9 Å². The maximum Gasteiger partial charge on any atom is 0.272 e.